The lowest BCUT2D eigenvalue weighted by Gasteiger charge is -2.20. The zero-order valence-corrected chi connectivity index (χ0v) is 12.7. The Morgan fingerprint density at radius 2 is 2.15 bits per heavy atom. The molecular formula is C16H23N3O. The number of nitrogens with one attached hydrogen (secondary N) is 1. The number of benzene rings is 1. The van der Waals surface area contributed by atoms with Crippen LogP contribution in [0.5, 0.6) is 5.75 Å². The fourth-order valence-electron chi connectivity index (χ4n) is 2.40. The van der Waals surface area contributed by atoms with Crippen LogP contribution in [0.15, 0.2) is 30.3 Å². The van der Waals surface area contributed by atoms with Gasteiger partial charge in [0.1, 0.15) is 5.75 Å². The summed E-state index contributed by atoms with van der Waals surface area (Å²) in [6, 6.07) is 10.5. The molecule has 4 nitrogen and oxygen atoms in total. The van der Waals surface area contributed by atoms with Gasteiger partial charge in [-0.25, -0.2) is 0 Å². The molecule has 1 heterocycles. The van der Waals surface area contributed by atoms with Crippen molar-refractivity contribution in [3.8, 4) is 5.75 Å². The number of hydrogen-bond acceptors (Lipinski definition) is 3. The van der Waals surface area contributed by atoms with E-state index in [9.17, 15) is 0 Å². The van der Waals surface area contributed by atoms with Crippen molar-refractivity contribution >= 4 is 0 Å². The predicted molar refractivity (Wildman–Crippen MR) is 81.1 cm³/mol. The van der Waals surface area contributed by atoms with E-state index in [0.717, 1.165) is 24.4 Å². The Balaban J connectivity index is 2.38. The van der Waals surface area contributed by atoms with Crippen LogP contribution in [0.25, 0.3) is 0 Å². The molecule has 2 aromatic rings. The van der Waals surface area contributed by atoms with E-state index in [-0.39, 0.29) is 6.04 Å². The lowest BCUT2D eigenvalue weighted by Crippen LogP contribution is -2.25. The van der Waals surface area contributed by atoms with E-state index in [1.165, 1.54) is 11.3 Å². The summed E-state index contributed by atoms with van der Waals surface area (Å²) >= 11 is 0. The maximum absolute atomic E-state index is 5.33. The molecule has 1 aromatic heterocycles. The SMILES string of the molecule is CCCNC(c1cccc(OC)c1)c1cc(C)nn1C. The zero-order valence-electron chi connectivity index (χ0n) is 12.7. The first-order valence-electron chi connectivity index (χ1n) is 7.03. The Kier molecular flexibility index (Phi) is 4.79. The lowest BCUT2D eigenvalue weighted by molar-refractivity contribution is 0.413. The average molecular weight is 273 g/mol. The van der Waals surface area contributed by atoms with Crippen molar-refractivity contribution in [2.45, 2.75) is 26.3 Å². The molecule has 0 radical (unpaired) electrons. The summed E-state index contributed by atoms with van der Waals surface area (Å²) < 4.78 is 7.28. The fourth-order valence-corrected chi connectivity index (χ4v) is 2.40. The fraction of sp³-hybridized carbons (Fsp3) is 0.438. The van der Waals surface area contributed by atoms with Gasteiger partial charge < -0.3 is 10.1 Å². The molecule has 0 aliphatic heterocycles. The van der Waals surface area contributed by atoms with Crippen LogP contribution in [-0.4, -0.2) is 23.4 Å². The predicted octanol–water partition coefficient (Wildman–Crippen LogP) is 2.83. The Bertz CT molecular complexity index is 563. The van der Waals surface area contributed by atoms with Gasteiger partial charge in [-0.1, -0.05) is 19.1 Å². The zero-order chi connectivity index (χ0) is 14.5. The van der Waals surface area contributed by atoms with Crippen LogP contribution in [-0.2, 0) is 7.05 Å². The highest BCUT2D eigenvalue weighted by Crippen LogP contribution is 2.25. The van der Waals surface area contributed by atoms with Crippen LogP contribution >= 0.6 is 0 Å². The van der Waals surface area contributed by atoms with Gasteiger partial charge in [0.25, 0.3) is 0 Å². The minimum absolute atomic E-state index is 0.135. The van der Waals surface area contributed by atoms with Gasteiger partial charge in [0.2, 0.25) is 0 Å². The second-order valence-electron chi connectivity index (χ2n) is 5.00. The van der Waals surface area contributed by atoms with E-state index in [0.29, 0.717) is 0 Å². The Labute approximate surface area is 120 Å². The molecule has 1 N–H and O–H groups in total. The van der Waals surface area contributed by atoms with Gasteiger partial charge in [-0.3, -0.25) is 4.68 Å². The molecule has 108 valence electrons. The molecule has 20 heavy (non-hydrogen) atoms. The number of ether oxygens (including phenoxy) is 1. The van der Waals surface area contributed by atoms with E-state index in [4.69, 9.17) is 4.74 Å². The van der Waals surface area contributed by atoms with Crippen LogP contribution in [0, 0.1) is 6.92 Å². The third-order valence-electron chi connectivity index (χ3n) is 3.36. The largest absolute Gasteiger partial charge is 0.497 e. The molecule has 2 rings (SSSR count). The average Bonchev–Trinajstić information content (AvgIpc) is 2.78. The number of aryl methyl sites for hydroxylation is 2. The molecule has 0 saturated heterocycles. The highest BCUT2D eigenvalue weighted by atomic mass is 16.5. The number of aromatic nitrogens is 2. The van der Waals surface area contributed by atoms with Crippen molar-refractivity contribution in [1.82, 2.24) is 15.1 Å². The summed E-state index contributed by atoms with van der Waals surface area (Å²) in [5.74, 6) is 0.879. The molecule has 1 aromatic carbocycles. The maximum Gasteiger partial charge on any atom is 0.119 e. The van der Waals surface area contributed by atoms with Crippen LogP contribution in [0.4, 0.5) is 0 Å². The van der Waals surface area contributed by atoms with Gasteiger partial charge in [-0.05, 0) is 43.7 Å². The summed E-state index contributed by atoms with van der Waals surface area (Å²) in [4.78, 5) is 0. The van der Waals surface area contributed by atoms with Crippen molar-refractivity contribution < 1.29 is 4.74 Å². The maximum atomic E-state index is 5.33. The minimum Gasteiger partial charge on any atom is -0.497 e. The van der Waals surface area contributed by atoms with E-state index < -0.39 is 0 Å². The standard InChI is InChI=1S/C16H23N3O/c1-5-9-17-16(15-10-12(2)18-19(15)3)13-7-6-8-14(11-13)20-4/h6-8,10-11,16-17H,5,9H2,1-4H3. The van der Waals surface area contributed by atoms with Gasteiger partial charge in [-0.2, -0.15) is 5.10 Å². The molecule has 0 amide bonds. The second kappa shape index (κ2) is 6.57. The van der Waals surface area contributed by atoms with Crippen molar-refractivity contribution in [2.24, 2.45) is 7.05 Å². The van der Waals surface area contributed by atoms with E-state index in [1.807, 2.05) is 30.8 Å². The van der Waals surface area contributed by atoms with Crippen LogP contribution in [0.2, 0.25) is 0 Å². The van der Waals surface area contributed by atoms with E-state index >= 15 is 0 Å². The van der Waals surface area contributed by atoms with Crippen LogP contribution in [0.3, 0.4) is 0 Å². The Morgan fingerprint density at radius 1 is 1.35 bits per heavy atom. The summed E-state index contributed by atoms with van der Waals surface area (Å²) in [5, 5.41) is 8.04. The first-order valence-corrected chi connectivity index (χ1v) is 7.03. The minimum atomic E-state index is 0.135. The number of nitrogens with zero attached hydrogens (tertiary/aromatic N) is 2. The molecule has 0 spiro atoms. The lowest BCUT2D eigenvalue weighted by atomic mass is 10.0. The number of rotatable bonds is 6. The third kappa shape index (κ3) is 3.20. The molecular weight excluding hydrogens is 250 g/mol. The Hall–Kier alpha value is -1.81. The third-order valence-corrected chi connectivity index (χ3v) is 3.36. The highest BCUT2D eigenvalue weighted by Gasteiger charge is 2.18. The van der Waals surface area contributed by atoms with Gasteiger partial charge >= 0.3 is 0 Å². The first-order chi connectivity index (χ1) is 9.65. The van der Waals surface area contributed by atoms with E-state index in [1.54, 1.807) is 7.11 Å². The van der Waals surface area contributed by atoms with Crippen molar-refractivity contribution in [3.63, 3.8) is 0 Å². The smallest absolute Gasteiger partial charge is 0.119 e. The quantitative estimate of drug-likeness (QED) is 0.879. The Morgan fingerprint density at radius 3 is 2.75 bits per heavy atom. The van der Waals surface area contributed by atoms with Gasteiger partial charge in [0.05, 0.1) is 24.5 Å². The van der Waals surface area contributed by atoms with Gasteiger partial charge in [-0.15, -0.1) is 0 Å². The monoisotopic (exact) mass is 273 g/mol. The van der Waals surface area contributed by atoms with Crippen LogP contribution < -0.4 is 10.1 Å². The molecule has 0 bridgehead atoms. The van der Waals surface area contributed by atoms with Crippen molar-refractivity contribution in [2.75, 3.05) is 13.7 Å². The van der Waals surface area contributed by atoms with Gasteiger partial charge in [0.15, 0.2) is 0 Å². The summed E-state index contributed by atoms with van der Waals surface area (Å²) in [5.41, 5.74) is 3.40. The molecule has 4 heteroatoms. The second-order valence-corrected chi connectivity index (χ2v) is 5.00. The molecule has 0 fully saturated rings. The summed E-state index contributed by atoms with van der Waals surface area (Å²) in [6.45, 7) is 5.15. The molecule has 0 saturated carbocycles. The topological polar surface area (TPSA) is 39.1 Å². The van der Waals surface area contributed by atoms with Crippen molar-refractivity contribution in [1.29, 1.82) is 0 Å². The van der Waals surface area contributed by atoms with E-state index in [2.05, 4.69) is 35.5 Å². The summed E-state index contributed by atoms with van der Waals surface area (Å²) in [6.07, 6.45) is 1.09. The normalized spacial score (nSPS) is 12.4. The molecule has 0 aliphatic rings. The highest BCUT2D eigenvalue weighted by molar-refractivity contribution is 5.35. The summed E-state index contributed by atoms with van der Waals surface area (Å²) in [7, 11) is 3.69. The number of hydrogen-bond donors (Lipinski definition) is 1. The van der Waals surface area contributed by atoms with Crippen molar-refractivity contribution in [3.05, 3.63) is 47.3 Å². The molecule has 0 aliphatic carbocycles. The molecule has 1 atom stereocenters. The molecule has 1 unspecified atom stereocenters. The number of methoxy groups -OCH3 is 1. The van der Waals surface area contributed by atoms with Gasteiger partial charge in [0, 0.05) is 7.05 Å². The van der Waals surface area contributed by atoms with Crippen LogP contribution in [0.1, 0.15) is 36.3 Å². The first kappa shape index (κ1) is 14.6.